The maximum absolute atomic E-state index is 12.2. The first-order chi connectivity index (χ1) is 12.3. The summed E-state index contributed by atoms with van der Waals surface area (Å²) in [6, 6.07) is 8.61. The number of carbonyl (C=O) groups is 2. The third-order valence-corrected chi connectivity index (χ3v) is 4.24. The summed E-state index contributed by atoms with van der Waals surface area (Å²) in [4.78, 5) is 34.3. The van der Waals surface area contributed by atoms with Crippen molar-refractivity contribution in [2.75, 3.05) is 0 Å². The van der Waals surface area contributed by atoms with E-state index in [0.717, 1.165) is 5.01 Å². The minimum atomic E-state index is -0.957. The van der Waals surface area contributed by atoms with Crippen molar-refractivity contribution in [1.82, 2.24) is 10.3 Å². The number of rotatable bonds is 5. The second-order valence-corrected chi connectivity index (χ2v) is 5.98. The molecular weight excluding hydrogens is 340 g/mol. The van der Waals surface area contributed by atoms with Crippen LogP contribution in [-0.2, 0) is 4.79 Å². The fraction of sp³-hybridized carbons (Fsp3) is 0.235. The van der Waals surface area contributed by atoms with Crippen LogP contribution >= 0.6 is 0 Å². The minimum Gasteiger partial charge on any atom is -0.455 e. The third kappa shape index (κ3) is 3.06. The van der Waals surface area contributed by atoms with Gasteiger partial charge in [0, 0.05) is 17.7 Å². The lowest BCUT2D eigenvalue weighted by Gasteiger charge is -2.17. The monoisotopic (exact) mass is 356 g/mol. The van der Waals surface area contributed by atoms with Gasteiger partial charge >= 0.3 is 6.03 Å². The number of nitrogens with one attached hydrogen (secondary N) is 1. The highest BCUT2D eigenvalue weighted by Crippen LogP contribution is 2.25. The van der Waals surface area contributed by atoms with Crippen LogP contribution in [0.25, 0.3) is 11.3 Å². The molecule has 0 aliphatic carbocycles. The third-order valence-electron chi connectivity index (χ3n) is 4.24. The molecule has 26 heavy (non-hydrogen) atoms. The summed E-state index contributed by atoms with van der Waals surface area (Å²) in [5, 5.41) is 18.0. The van der Waals surface area contributed by atoms with E-state index in [0.29, 0.717) is 23.5 Å². The zero-order valence-electron chi connectivity index (χ0n) is 14.1. The average Bonchev–Trinajstić information content (AvgIpc) is 3.18. The number of carbonyl (C=O) groups excluding carboxylic acids is 2. The highest BCUT2D eigenvalue weighted by molar-refractivity contribution is 6.07. The summed E-state index contributed by atoms with van der Waals surface area (Å²) in [7, 11) is 0. The summed E-state index contributed by atoms with van der Waals surface area (Å²) < 4.78 is 5.59. The summed E-state index contributed by atoms with van der Waals surface area (Å²) in [6.45, 7) is 3.44. The molecule has 1 aliphatic heterocycles. The fourth-order valence-corrected chi connectivity index (χ4v) is 2.45. The normalized spacial score (nSPS) is 20.0. The Labute approximate surface area is 148 Å². The molecule has 0 spiro atoms. The standard InChI is InChI=1S/C17H16N4O5/c1-3-17(2)15(22)20(16(23)19-17)18-10-13-8-9-14(26-13)11-4-6-12(7-5-11)21(24)25/h4-10H,3H2,1-2H3,(H,19,23)/b18-10+. The van der Waals surface area contributed by atoms with E-state index in [2.05, 4.69) is 10.4 Å². The molecule has 1 aliphatic rings. The molecule has 1 saturated heterocycles. The number of imide groups is 1. The average molecular weight is 356 g/mol. The predicted molar refractivity (Wildman–Crippen MR) is 92.5 cm³/mol. The lowest BCUT2D eigenvalue weighted by molar-refractivity contribution is -0.384. The molecule has 0 radical (unpaired) electrons. The number of hydrogen-bond acceptors (Lipinski definition) is 6. The van der Waals surface area contributed by atoms with Gasteiger partial charge < -0.3 is 9.73 Å². The summed E-state index contributed by atoms with van der Waals surface area (Å²) in [5.74, 6) is 0.393. The van der Waals surface area contributed by atoms with Crippen LogP contribution in [0.4, 0.5) is 10.5 Å². The zero-order chi connectivity index (χ0) is 18.9. The molecule has 1 unspecified atom stereocenters. The van der Waals surface area contributed by atoms with Crippen LogP contribution in [0.2, 0.25) is 0 Å². The maximum atomic E-state index is 12.2. The maximum Gasteiger partial charge on any atom is 0.346 e. The van der Waals surface area contributed by atoms with Crippen LogP contribution in [-0.4, -0.2) is 33.6 Å². The first-order valence-electron chi connectivity index (χ1n) is 7.89. The van der Waals surface area contributed by atoms with Crippen molar-refractivity contribution in [3.63, 3.8) is 0 Å². The molecule has 3 amide bonds. The SMILES string of the molecule is CCC1(C)NC(=O)N(/N=C/c2ccc(-c3ccc([N+](=O)[O-])cc3)o2)C1=O. The van der Waals surface area contributed by atoms with Crippen molar-refractivity contribution in [1.29, 1.82) is 0 Å². The number of benzene rings is 1. The molecule has 9 heteroatoms. The minimum absolute atomic E-state index is 0.0142. The van der Waals surface area contributed by atoms with Crippen LogP contribution in [0, 0.1) is 10.1 Å². The van der Waals surface area contributed by atoms with E-state index < -0.39 is 22.4 Å². The van der Waals surface area contributed by atoms with Crippen LogP contribution < -0.4 is 5.32 Å². The Morgan fingerprint density at radius 1 is 1.27 bits per heavy atom. The van der Waals surface area contributed by atoms with Gasteiger partial charge in [0.15, 0.2) is 0 Å². The van der Waals surface area contributed by atoms with Gasteiger partial charge in [-0.05, 0) is 37.6 Å². The van der Waals surface area contributed by atoms with Crippen LogP contribution in [0.1, 0.15) is 26.0 Å². The molecule has 2 heterocycles. The van der Waals surface area contributed by atoms with Gasteiger partial charge in [-0.1, -0.05) is 6.92 Å². The lowest BCUT2D eigenvalue weighted by Crippen LogP contribution is -2.42. The number of amides is 3. The molecule has 0 saturated carbocycles. The number of nitro groups is 1. The van der Waals surface area contributed by atoms with Gasteiger partial charge in [-0.25, -0.2) is 4.79 Å². The first kappa shape index (κ1) is 17.3. The Balaban J connectivity index is 1.76. The highest BCUT2D eigenvalue weighted by Gasteiger charge is 2.46. The van der Waals surface area contributed by atoms with Gasteiger partial charge in [-0.2, -0.15) is 5.10 Å². The number of furan rings is 1. The van der Waals surface area contributed by atoms with Crippen molar-refractivity contribution >= 4 is 23.8 Å². The number of hydrazone groups is 1. The van der Waals surface area contributed by atoms with Gasteiger partial charge in [-0.3, -0.25) is 14.9 Å². The number of nitro benzene ring substituents is 1. The van der Waals surface area contributed by atoms with E-state index >= 15 is 0 Å². The zero-order valence-corrected chi connectivity index (χ0v) is 14.1. The highest BCUT2D eigenvalue weighted by atomic mass is 16.6. The molecule has 134 valence electrons. The first-order valence-corrected chi connectivity index (χ1v) is 7.89. The smallest absolute Gasteiger partial charge is 0.346 e. The number of urea groups is 1. The summed E-state index contributed by atoms with van der Waals surface area (Å²) in [5.41, 5.74) is -0.315. The topological polar surface area (TPSA) is 118 Å². The molecule has 2 aromatic rings. The van der Waals surface area contributed by atoms with Gasteiger partial charge in [0.1, 0.15) is 17.1 Å². The lowest BCUT2D eigenvalue weighted by atomic mass is 10.00. The van der Waals surface area contributed by atoms with Crippen molar-refractivity contribution < 1.29 is 18.9 Å². The van der Waals surface area contributed by atoms with E-state index in [1.165, 1.54) is 18.3 Å². The van der Waals surface area contributed by atoms with E-state index in [-0.39, 0.29) is 5.69 Å². The summed E-state index contributed by atoms with van der Waals surface area (Å²) in [6.07, 6.45) is 1.72. The van der Waals surface area contributed by atoms with Gasteiger partial charge in [0.05, 0.1) is 11.1 Å². The molecule has 0 bridgehead atoms. The van der Waals surface area contributed by atoms with Crippen molar-refractivity contribution in [2.45, 2.75) is 25.8 Å². The second kappa shape index (κ2) is 6.43. The Kier molecular flexibility index (Phi) is 4.29. The Hall–Kier alpha value is -3.49. The number of nitrogens with zero attached hydrogens (tertiary/aromatic N) is 3. The van der Waals surface area contributed by atoms with E-state index in [9.17, 15) is 19.7 Å². The summed E-state index contributed by atoms with van der Waals surface area (Å²) >= 11 is 0. The van der Waals surface area contributed by atoms with Crippen LogP contribution in [0.3, 0.4) is 0 Å². The van der Waals surface area contributed by atoms with Gasteiger partial charge in [0.25, 0.3) is 11.6 Å². The molecule has 1 aromatic carbocycles. The van der Waals surface area contributed by atoms with E-state index in [1.54, 1.807) is 38.1 Å². The molecule has 1 fully saturated rings. The van der Waals surface area contributed by atoms with Crippen LogP contribution in [0.15, 0.2) is 45.9 Å². The molecule has 1 atom stereocenters. The molecule has 9 nitrogen and oxygen atoms in total. The Morgan fingerprint density at radius 2 is 1.96 bits per heavy atom. The molecule has 1 aromatic heterocycles. The van der Waals surface area contributed by atoms with Crippen molar-refractivity contribution in [3.05, 3.63) is 52.3 Å². The number of non-ortho nitro benzene ring substituents is 1. The quantitative estimate of drug-likeness (QED) is 0.382. The van der Waals surface area contributed by atoms with E-state index in [4.69, 9.17) is 4.42 Å². The Morgan fingerprint density at radius 3 is 2.54 bits per heavy atom. The largest absolute Gasteiger partial charge is 0.455 e. The Bertz CT molecular complexity index is 902. The van der Waals surface area contributed by atoms with E-state index in [1.807, 2.05) is 0 Å². The molecular formula is C17H16N4O5. The second-order valence-electron chi connectivity index (χ2n) is 5.98. The fourth-order valence-electron chi connectivity index (χ4n) is 2.45. The van der Waals surface area contributed by atoms with Crippen LogP contribution in [0.5, 0.6) is 0 Å². The predicted octanol–water partition coefficient (Wildman–Crippen LogP) is 2.91. The van der Waals surface area contributed by atoms with Gasteiger partial charge in [-0.15, -0.1) is 5.01 Å². The molecule has 1 N–H and O–H groups in total. The van der Waals surface area contributed by atoms with Crippen molar-refractivity contribution in [3.8, 4) is 11.3 Å². The van der Waals surface area contributed by atoms with Crippen molar-refractivity contribution in [2.24, 2.45) is 5.10 Å². The number of hydrogen-bond donors (Lipinski definition) is 1. The molecule has 3 rings (SSSR count). The van der Waals surface area contributed by atoms with Gasteiger partial charge in [0.2, 0.25) is 0 Å².